The molecule has 4 rings (SSSR count). The zero-order chi connectivity index (χ0) is 22.8. The Bertz CT molecular complexity index is 1300. The summed E-state index contributed by atoms with van der Waals surface area (Å²) in [6.07, 6.45) is 1.58. The Labute approximate surface area is 186 Å². The van der Waals surface area contributed by atoms with Crippen LogP contribution in [0.15, 0.2) is 64.7 Å². The van der Waals surface area contributed by atoms with Crippen molar-refractivity contribution < 1.29 is 4.79 Å². The van der Waals surface area contributed by atoms with E-state index >= 15 is 0 Å². The van der Waals surface area contributed by atoms with Gasteiger partial charge in [-0.3, -0.25) is 23.5 Å². The number of piperazine rings is 1. The van der Waals surface area contributed by atoms with Crippen molar-refractivity contribution in [1.29, 1.82) is 0 Å². The van der Waals surface area contributed by atoms with Gasteiger partial charge in [-0.2, -0.15) is 0 Å². The predicted molar refractivity (Wildman–Crippen MR) is 127 cm³/mol. The lowest BCUT2D eigenvalue weighted by Gasteiger charge is -2.37. The van der Waals surface area contributed by atoms with Crippen LogP contribution in [0.2, 0.25) is 0 Å². The number of hydrogen-bond donors (Lipinski definition) is 0. The molecule has 7 heteroatoms. The summed E-state index contributed by atoms with van der Waals surface area (Å²) in [6.45, 7) is 10.6. The standard InChI is InChI=1S/C25H28N4O3/c1-4-12-28-21-9-5-6-10-22(21)29(25(32)24(28)31)17-23(30)27-15-13-26(14-16-27)20-11-7-8-18(2)19(20)3/h4-11H,1,12-17H2,2-3H3. The highest BCUT2D eigenvalue weighted by molar-refractivity contribution is 5.80. The Morgan fingerprint density at radius 1 is 0.906 bits per heavy atom. The van der Waals surface area contributed by atoms with Gasteiger partial charge >= 0.3 is 11.1 Å². The number of benzene rings is 2. The second-order valence-corrected chi connectivity index (χ2v) is 8.17. The van der Waals surface area contributed by atoms with Crippen molar-refractivity contribution in [2.75, 3.05) is 31.1 Å². The number of carbonyl (C=O) groups excluding carboxylic acids is 1. The first kappa shape index (κ1) is 21.6. The summed E-state index contributed by atoms with van der Waals surface area (Å²) in [7, 11) is 0. The Hall–Kier alpha value is -3.61. The molecule has 166 valence electrons. The van der Waals surface area contributed by atoms with Crippen molar-refractivity contribution in [2.24, 2.45) is 0 Å². The Morgan fingerprint density at radius 3 is 2.19 bits per heavy atom. The zero-order valence-electron chi connectivity index (χ0n) is 18.6. The van der Waals surface area contributed by atoms with E-state index in [2.05, 4.69) is 43.5 Å². The van der Waals surface area contributed by atoms with Crippen molar-refractivity contribution >= 4 is 22.6 Å². The van der Waals surface area contributed by atoms with E-state index in [4.69, 9.17) is 0 Å². The van der Waals surface area contributed by atoms with E-state index in [-0.39, 0.29) is 19.0 Å². The molecule has 32 heavy (non-hydrogen) atoms. The number of nitrogens with zero attached hydrogens (tertiary/aromatic N) is 4. The van der Waals surface area contributed by atoms with Crippen molar-refractivity contribution in [3.8, 4) is 0 Å². The van der Waals surface area contributed by atoms with Gasteiger partial charge in [0, 0.05) is 38.4 Å². The van der Waals surface area contributed by atoms with Gasteiger partial charge < -0.3 is 9.80 Å². The summed E-state index contributed by atoms with van der Waals surface area (Å²) in [5.74, 6) is -0.154. The van der Waals surface area contributed by atoms with E-state index in [1.165, 1.54) is 25.9 Å². The monoisotopic (exact) mass is 432 g/mol. The number of allylic oxidation sites excluding steroid dienone is 1. The van der Waals surface area contributed by atoms with E-state index in [0.717, 1.165) is 13.1 Å². The number of hydrogen-bond acceptors (Lipinski definition) is 4. The van der Waals surface area contributed by atoms with E-state index in [9.17, 15) is 14.4 Å². The van der Waals surface area contributed by atoms with Crippen LogP contribution >= 0.6 is 0 Å². The number of aryl methyl sites for hydroxylation is 1. The van der Waals surface area contributed by atoms with E-state index in [1.54, 1.807) is 29.2 Å². The van der Waals surface area contributed by atoms with Crippen molar-refractivity contribution in [2.45, 2.75) is 26.9 Å². The van der Waals surface area contributed by atoms with Crippen molar-refractivity contribution in [3.63, 3.8) is 0 Å². The van der Waals surface area contributed by atoms with Crippen molar-refractivity contribution in [3.05, 3.63) is 87.0 Å². The molecule has 0 spiro atoms. The highest BCUT2D eigenvalue weighted by Gasteiger charge is 2.24. The number of carbonyl (C=O) groups is 1. The molecule has 0 atom stereocenters. The number of amides is 1. The minimum Gasteiger partial charge on any atom is -0.368 e. The van der Waals surface area contributed by atoms with Gasteiger partial charge in [-0.15, -0.1) is 6.58 Å². The van der Waals surface area contributed by atoms with Crippen LogP contribution in [0.3, 0.4) is 0 Å². The molecule has 1 saturated heterocycles. The fraction of sp³-hybridized carbons (Fsp3) is 0.320. The SMILES string of the molecule is C=CCn1c(=O)c(=O)n(CC(=O)N2CCN(c3cccc(C)c3C)CC2)c2ccccc21. The average Bonchev–Trinajstić information content (AvgIpc) is 2.81. The maximum absolute atomic E-state index is 13.1. The molecule has 0 aliphatic carbocycles. The highest BCUT2D eigenvalue weighted by Crippen LogP contribution is 2.24. The molecule has 0 N–H and O–H groups in total. The molecule has 0 unspecified atom stereocenters. The van der Waals surface area contributed by atoms with Crippen LogP contribution in [-0.2, 0) is 17.9 Å². The van der Waals surface area contributed by atoms with Gasteiger partial charge in [-0.1, -0.05) is 30.3 Å². The van der Waals surface area contributed by atoms with Gasteiger partial charge in [-0.05, 0) is 43.2 Å². The largest absolute Gasteiger partial charge is 0.368 e. The zero-order valence-corrected chi connectivity index (χ0v) is 18.6. The molecule has 2 aromatic carbocycles. The van der Waals surface area contributed by atoms with Gasteiger partial charge in [0.1, 0.15) is 6.54 Å². The summed E-state index contributed by atoms with van der Waals surface area (Å²) in [5.41, 5.74) is 3.56. The number of para-hydroxylation sites is 2. The fourth-order valence-corrected chi connectivity index (χ4v) is 4.35. The summed E-state index contributed by atoms with van der Waals surface area (Å²) >= 11 is 0. The van der Waals surface area contributed by atoms with E-state index < -0.39 is 11.1 Å². The number of rotatable bonds is 5. The lowest BCUT2D eigenvalue weighted by Crippen LogP contribution is -2.51. The second-order valence-electron chi connectivity index (χ2n) is 8.17. The first-order valence-corrected chi connectivity index (χ1v) is 10.8. The molecule has 1 aromatic heterocycles. The molecule has 3 aromatic rings. The minimum absolute atomic E-state index is 0.146. The first-order valence-electron chi connectivity index (χ1n) is 10.8. The summed E-state index contributed by atoms with van der Waals surface area (Å²) in [6, 6.07) is 13.4. The third-order valence-corrected chi connectivity index (χ3v) is 6.29. The molecule has 1 amide bonds. The number of fused-ring (bicyclic) bond motifs is 1. The van der Waals surface area contributed by atoms with Crippen LogP contribution in [0.1, 0.15) is 11.1 Å². The first-order chi connectivity index (χ1) is 15.4. The molecule has 1 fully saturated rings. The lowest BCUT2D eigenvalue weighted by atomic mass is 10.1. The van der Waals surface area contributed by atoms with Gasteiger partial charge in [-0.25, -0.2) is 0 Å². The van der Waals surface area contributed by atoms with Gasteiger partial charge in [0.15, 0.2) is 0 Å². The predicted octanol–water partition coefficient (Wildman–Crippen LogP) is 2.31. The maximum Gasteiger partial charge on any atom is 0.317 e. The fourth-order valence-electron chi connectivity index (χ4n) is 4.35. The second kappa shape index (κ2) is 8.86. The Balaban J connectivity index is 1.55. The van der Waals surface area contributed by atoms with Crippen LogP contribution in [-0.4, -0.2) is 46.1 Å². The van der Waals surface area contributed by atoms with Gasteiger partial charge in [0.05, 0.1) is 11.0 Å². The maximum atomic E-state index is 13.1. The van der Waals surface area contributed by atoms with Crippen LogP contribution in [0.5, 0.6) is 0 Å². The Morgan fingerprint density at radius 2 is 1.53 bits per heavy atom. The van der Waals surface area contributed by atoms with Crippen LogP contribution in [0.25, 0.3) is 11.0 Å². The summed E-state index contributed by atoms with van der Waals surface area (Å²) in [4.78, 5) is 42.6. The van der Waals surface area contributed by atoms with Crippen LogP contribution < -0.4 is 16.0 Å². The third-order valence-electron chi connectivity index (χ3n) is 6.29. The lowest BCUT2D eigenvalue weighted by molar-refractivity contribution is -0.132. The highest BCUT2D eigenvalue weighted by atomic mass is 16.2. The number of aromatic nitrogens is 2. The number of anilines is 1. The van der Waals surface area contributed by atoms with Gasteiger partial charge in [0.25, 0.3) is 0 Å². The topological polar surface area (TPSA) is 67.5 Å². The van der Waals surface area contributed by atoms with E-state index in [0.29, 0.717) is 24.1 Å². The van der Waals surface area contributed by atoms with Crippen LogP contribution in [0.4, 0.5) is 5.69 Å². The van der Waals surface area contributed by atoms with E-state index in [1.807, 2.05) is 6.07 Å². The normalized spacial score (nSPS) is 14.1. The molecule has 7 nitrogen and oxygen atoms in total. The molecule has 1 aliphatic rings. The molecule has 0 saturated carbocycles. The third kappa shape index (κ3) is 3.86. The minimum atomic E-state index is -0.687. The molecule has 1 aliphatic heterocycles. The molecule has 2 heterocycles. The molecule has 0 bridgehead atoms. The smallest absolute Gasteiger partial charge is 0.317 e. The quantitative estimate of drug-likeness (QED) is 0.458. The van der Waals surface area contributed by atoms with Crippen molar-refractivity contribution in [1.82, 2.24) is 14.0 Å². The summed E-state index contributed by atoms with van der Waals surface area (Å²) in [5, 5.41) is 0. The van der Waals surface area contributed by atoms with Gasteiger partial charge in [0.2, 0.25) is 5.91 Å². The van der Waals surface area contributed by atoms with Crippen LogP contribution in [0, 0.1) is 13.8 Å². The molecule has 0 radical (unpaired) electrons. The Kier molecular flexibility index (Phi) is 5.99. The average molecular weight is 433 g/mol. The molecular formula is C25H28N4O3. The molecular weight excluding hydrogens is 404 g/mol. The summed E-state index contributed by atoms with van der Waals surface area (Å²) < 4.78 is 2.70.